The maximum Gasteiger partial charge on any atom is 0.314 e. The van der Waals surface area contributed by atoms with Gasteiger partial charge < -0.3 is 9.47 Å². The number of ether oxygens (including phenoxy) is 2. The second-order valence-electron chi connectivity index (χ2n) is 7.87. The summed E-state index contributed by atoms with van der Waals surface area (Å²) in [6.45, 7) is 0. The monoisotopic (exact) mass is 378 g/mol. The van der Waals surface area contributed by atoms with E-state index in [9.17, 15) is 9.59 Å². The van der Waals surface area contributed by atoms with Gasteiger partial charge in [-0.25, -0.2) is 0 Å². The highest BCUT2D eigenvalue weighted by molar-refractivity contribution is 5.78. The number of carbonyl (C=O) groups excluding carboxylic acids is 2. The minimum atomic E-state index is -0.155. The van der Waals surface area contributed by atoms with Gasteiger partial charge >= 0.3 is 11.9 Å². The van der Waals surface area contributed by atoms with Crippen molar-refractivity contribution in [3.05, 3.63) is 60.7 Å². The van der Waals surface area contributed by atoms with Crippen molar-refractivity contribution in [2.24, 2.45) is 23.7 Å². The van der Waals surface area contributed by atoms with E-state index in [1.165, 1.54) is 0 Å². The zero-order chi connectivity index (χ0) is 19.3. The van der Waals surface area contributed by atoms with Crippen LogP contribution in [0.2, 0.25) is 0 Å². The summed E-state index contributed by atoms with van der Waals surface area (Å²) < 4.78 is 11.3. The van der Waals surface area contributed by atoms with Crippen LogP contribution < -0.4 is 9.47 Å². The predicted octanol–water partition coefficient (Wildman–Crippen LogP) is 5.03. The molecule has 4 unspecified atom stereocenters. The highest BCUT2D eigenvalue weighted by atomic mass is 16.5. The number of hydrogen-bond acceptors (Lipinski definition) is 4. The topological polar surface area (TPSA) is 52.6 Å². The van der Waals surface area contributed by atoms with Crippen LogP contribution in [-0.4, -0.2) is 11.9 Å². The normalized spacial score (nSPS) is 26.7. The molecule has 4 atom stereocenters. The lowest BCUT2D eigenvalue weighted by Crippen LogP contribution is -2.45. The summed E-state index contributed by atoms with van der Waals surface area (Å²) in [6.07, 6.45) is 5.54. The van der Waals surface area contributed by atoms with Crippen molar-refractivity contribution in [1.29, 1.82) is 0 Å². The number of para-hydroxylation sites is 2. The third-order valence-corrected chi connectivity index (χ3v) is 6.23. The van der Waals surface area contributed by atoms with Crippen molar-refractivity contribution in [2.45, 2.75) is 38.5 Å². The molecule has 28 heavy (non-hydrogen) atoms. The number of rotatable bonds is 4. The third-order valence-electron chi connectivity index (χ3n) is 6.23. The lowest BCUT2D eigenvalue weighted by atomic mass is 9.61. The minimum Gasteiger partial charge on any atom is -0.426 e. The SMILES string of the molecule is O=C(Oc1ccccc1)C1CCC(C(=O)Oc2ccccc2)C2CCCCC12. The Morgan fingerprint density at radius 3 is 1.39 bits per heavy atom. The largest absolute Gasteiger partial charge is 0.426 e. The summed E-state index contributed by atoms with van der Waals surface area (Å²) in [5.74, 6) is 1.00. The van der Waals surface area contributed by atoms with E-state index < -0.39 is 0 Å². The molecule has 2 aromatic carbocycles. The molecule has 0 heterocycles. The fraction of sp³-hybridized carbons (Fsp3) is 0.417. The Balaban J connectivity index is 1.46. The first-order chi connectivity index (χ1) is 13.7. The summed E-state index contributed by atoms with van der Waals surface area (Å²) >= 11 is 0. The number of fused-ring (bicyclic) bond motifs is 1. The van der Waals surface area contributed by atoms with E-state index in [-0.39, 0.29) is 35.6 Å². The number of benzene rings is 2. The van der Waals surface area contributed by atoms with Crippen LogP contribution in [0.25, 0.3) is 0 Å². The Labute approximate surface area is 165 Å². The van der Waals surface area contributed by atoms with Gasteiger partial charge in [-0.1, -0.05) is 49.2 Å². The molecular weight excluding hydrogens is 352 g/mol. The molecule has 2 aliphatic rings. The molecule has 4 nitrogen and oxygen atoms in total. The minimum absolute atomic E-state index is 0.133. The van der Waals surface area contributed by atoms with Gasteiger partial charge in [0.05, 0.1) is 11.8 Å². The van der Waals surface area contributed by atoms with Gasteiger partial charge in [0.1, 0.15) is 11.5 Å². The Hall–Kier alpha value is -2.62. The smallest absolute Gasteiger partial charge is 0.314 e. The van der Waals surface area contributed by atoms with Crippen molar-refractivity contribution in [2.75, 3.05) is 0 Å². The zero-order valence-electron chi connectivity index (χ0n) is 16.0. The van der Waals surface area contributed by atoms with E-state index in [0.717, 1.165) is 25.7 Å². The first kappa shape index (κ1) is 18.7. The van der Waals surface area contributed by atoms with E-state index in [2.05, 4.69) is 0 Å². The van der Waals surface area contributed by atoms with Crippen LogP contribution in [0, 0.1) is 23.7 Å². The van der Waals surface area contributed by atoms with Crippen molar-refractivity contribution in [3.8, 4) is 11.5 Å². The van der Waals surface area contributed by atoms with Gasteiger partial charge in [-0.15, -0.1) is 0 Å². The Bertz CT molecular complexity index is 732. The summed E-state index contributed by atoms with van der Waals surface area (Å²) in [5, 5.41) is 0. The molecule has 4 rings (SSSR count). The highest BCUT2D eigenvalue weighted by Crippen LogP contribution is 2.47. The summed E-state index contributed by atoms with van der Waals surface area (Å²) in [6, 6.07) is 18.5. The molecule has 0 radical (unpaired) electrons. The fourth-order valence-electron chi connectivity index (χ4n) is 4.92. The second kappa shape index (κ2) is 8.59. The van der Waals surface area contributed by atoms with Crippen LogP contribution in [0.3, 0.4) is 0 Å². The average Bonchev–Trinajstić information content (AvgIpc) is 2.74. The number of esters is 2. The molecule has 2 aliphatic carbocycles. The summed E-state index contributed by atoms with van der Waals surface area (Å²) in [7, 11) is 0. The van der Waals surface area contributed by atoms with Gasteiger partial charge in [0.2, 0.25) is 0 Å². The third kappa shape index (κ3) is 4.11. The van der Waals surface area contributed by atoms with E-state index in [1.807, 2.05) is 36.4 Å². The van der Waals surface area contributed by atoms with Crippen LogP contribution in [0.1, 0.15) is 38.5 Å². The van der Waals surface area contributed by atoms with Gasteiger partial charge in [0, 0.05) is 0 Å². The van der Waals surface area contributed by atoms with Crippen LogP contribution in [0.5, 0.6) is 11.5 Å². The lowest BCUT2D eigenvalue weighted by molar-refractivity contribution is -0.153. The molecule has 2 fully saturated rings. The molecule has 0 amide bonds. The average molecular weight is 378 g/mol. The highest BCUT2D eigenvalue weighted by Gasteiger charge is 2.47. The molecule has 4 heteroatoms. The van der Waals surface area contributed by atoms with Gasteiger partial charge in [0.15, 0.2) is 0 Å². The van der Waals surface area contributed by atoms with E-state index in [1.54, 1.807) is 24.3 Å². The molecule has 0 bridgehead atoms. The van der Waals surface area contributed by atoms with E-state index >= 15 is 0 Å². The predicted molar refractivity (Wildman–Crippen MR) is 106 cm³/mol. The van der Waals surface area contributed by atoms with Crippen molar-refractivity contribution in [1.82, 2.24) is 0 Å². The quantitative estimate of drug-likeness (QED) is 0.553. The molecule has 0 saturated heterocycles. The summed E-state index contributed by atoms with van der Waals surface area (Å²) in [5.41, 5.74) is 0. The standard InChI is InChI=1S/C24H26O4/c25-23(27-17-9-3-1-4-10-17)21-15-16-22(20-14-8-7-13-19(20)21)24(26)28-18-11-5-2-6-12-18/h1-6,9-12,19-22H,7-8,13-16H2. The van der Waals surface area contributed by atoms with Crippen molar-refractivity contribution in [3.63, 3.8) is 0 Å². The second-order valence-corrected chi connectivity index (χ2v) is 7.87. The number of hydrogen-bond donors (Lipinski definition) is 0. The molecule has 146 valence electrons. The lowest BCUT2D eigenvalue weighted by Gasteiger charge is -2.43. The van der Waals surface area contributed by atoms with Crippen LogP contribution in [-0.2, 0) is 9.59 Å². The molecule has 2 aromatic rings. The van der Waals surface area contributed by atoms with Crippen molar-refractivity contribution >= 4 is 11.9 Å². The molecule has 0 spiro atoms. The van der Waals surface area contributed by atoms with Crippen LogP contribution in [0.15, 0.2) is 60.7 Å². The maximum atomic E-state index is 12.9. The molecule has 0 N–H and O–H groups in total. The zero-order valence-corrected chi connectivity index (χ0v) is 16.0. The fourth-order valence-corrected chi connectivity index (χ4v) is 4.92. The molecular formula is C24H26O4. The summed E-state index contributed by atoms with van der Waals surface area (Å²) in [4.78, 5) is 25.7. The van der Waals surface area contributed by atoms with Crippen LogP contribution in [0.4, 0.5) is 0 Å². The Morgan fingerprint density at radius 1 is 0.607 bits per heavy atom. The number of carbonyl (C=O) groups is 2. The van der Waals surface area contributed by atoms with Gasteiger partial charge in [-0.2, -0.15) is 0 Å². The van der Waals surface area contributed by atoms with Gasteiger partial charge in [-0.05, 0) is 61.8 Å². The van der Waals surface area contributed by atoms with E-state index in [0.29, 0.717) is 24.3 Å². The molecule has 0 aliphatic heterocycles. The first-order valence-electron chi connectivity index (χ1n) is 10.3. The van der Waals surface area contributed by atoms with E-state index in [4.69, 9.17) is 9.47 Å². The first-order valence-corrected chi connectivity index (χ1v) is 10.3. The van der Waals surface area contributed by atoms with Crippen LogP contribution >= 0.6 is 0 Å². The van der Waals surface area contributed by atoms with Gasteiger partial charge in [0.25, 0.3) is 0 Å². The molecule has 0 aromatic heterocycles. The van der Waals surface area contributed by atoms with Crippen molar-refractivity contribution < 1.29 is 19.1 Å². The Morgan fingerprint density at radius 2 is 1.00 bits per heavy atom. The Kier molecular flexibility index (Phi) is 5.75. The van der Waals surface area contributed by atoms with Gasteiger partial charge in [-0.3, -0.25) is 9.59 Å². The molecule has 2 saturated carbocycles. The maximum absolute atomic E-state index is 12.9.